The summed E-state index contributed by atoms with van der Waals surface area (Å²) in [7, 11) is 2.09. The fraction of sp³-hybridized carbons (Fsp3) is 0.333. The number of para-hydroxylation sites is 1. The van der Waals surface area contributed by atoms with E-state index < -0.39 is 0 Å². The molecule has 20 heavy (non-hydrogen) atoms. The van der Waals surface area contributed by atoms with Crippen molar-refractivity contribution in [2.75, 3.05) is 23.5 Å². The number of nitrogens with zero attached hydrogens (tertiary/aromatic N) is 2. The largest absolute Gasteiger partial charge is 0.389 e. The van der Waals surface area contributed by atoms with Gasteiger partial charge >= 0.3 is 0 Å². The van der Waals surface area contributed by atoms with Crippen LogP contribution in [0.4, 0.5) is 5.82 Å². The first kappa shape index (κ1) is 13.6. The Hall–Kier alpha value is -1.33. The molecule has 1 aromatic heterocycles. The van der Waals surface area contributed by atoms with Gasteiger partial charge in [-0.25, -0.2) is 4.98 Å². The maximum Gasteiger partial charge on any atom is 0.139 e. The molecule has 2 heterocycles. The third kappa shape index (κ3) is 2.47. The first-order valence-corrected chi connectivity index (χ1v) is 8.23. The molecule has 1 atom stereocenters. The Morgan fingerprint density at radius 2 is 2.25 bits per heavy atom. The fourth-order valence-electron chi connectivity index (χ4n) is 2.56. The van der Waals surface area contributed by atoms with Crippen molar-refractivity contribution in [1.82, 2.24) is 4.98 Å². The lowest BCUT2D eigenvalue weighted by atomic mass is 10.1. The second-order valence-corrected chi connectivity index (χ2v) is 6.63. The van der Waals surface area contributed by atoms with Crippen molar-refractivity contribution in [1.29, 1.82) is 0 Å². The number of fused-ring (bicyclic) bond motifs is 1. The highest BCUT2D eigenvalue weighted by atomic mass is 32.2. The minimum atomic E-state index is 0.413. The van der Waals surface area contributed by atoms with Gasteiger partial charge in [-0.05, 0) is 24.3 Å². The number of hydrogen-bond donors (Lipinski definition) is 1. The molecule has 1 aliphatic rings. The Labute approximate surface area is 128 Å². The van der Waals surface area contributed by atoms with Gasteiger partial charge in [-0.1, -0.05) is 30.4 Å². The average Bonchev–Trinajstić information content (AvgIpc) is 2.99. The third-order valence-electron chi connectivity index (χ3n) is 3.76. The molecular weight excluding hydrogens is 286 g/mol. The number of thiocarbonyl (C=S) groups is 1. The van der Waals surface area contributed by atoms with Gasteiger partial charge in [0.15, 0.2) is 0 Å². The van der Waals surface area contributed by atoms with Crippen LogP contribution in [0.1, 0.15) is 12.0 Å². The van der Waals surface area contributed by atoms with Gasteiger partial charge in [0.25, 0.3) is 0 Å². The molecule has 0 amide bonds. The summed E-state index contributed by atoms with van der Waals surface area (Å²) in [6.07, 6.45) is 1.19. The van der Waals surface area contributed by atoms with E-state index in [4.69, 9.17) is 22.9 Å². The van der Waals surface area contributed by atoms with E-state index in [-0.39, 0.29) is 0 Å². The molecule has 0 saturated carbocycles. The second kappa shape index (κ2) is 5.58. The van der Waals surface area contributed by atoms with Gasteiger partial charge < -0.3 is 10.6 Å². The highest BCUT2D eigenvalue weighted by molar-refractivity contribution is 7.99. The van der Waals surface area contributed by atoms with Gasteiger partial charge in [0.2, 0.25) is 0 Å². The van der Waals surface area contributed by atoms with Gasteiger partial charge in [0.05, 0.1) is 11.1 Å². The van der Waals surface area contributed by atoms with Crippen LogP contribution < -0.4 is 10.6 Å². The molecule has 1 saturated heterocycles. The lowest BCUT2D eigenvalue weighted by molar-refractivity contribution is 0.692. The van der Waals surface area contributed by atoms with Crippen LogP contribution in [-0.4, -0.2) is 34.6 Å². The number of aromatic nitrogens is 1. The number of nitrogens with two attached hydrogens (primary N) is 1. The molecule has 0 spiro atoms. The first-order valence-electron chi connectivity index (χ1n) is 6.67. The summed E-state index contributed by atoms with van der Waals surface area (Å²) in [4.78, 5) is 7.44. The Morgan fingerprint density at radius 3 is 2.95 bits per heavy atom. The summed E-state index contributed by atoms with van der Waals surface area (Å²) in [5.41, 5.74) is 7.76. The second-order valence-electron chi connectivity index (χ2n) is 5.04. The van der Waals surface area contributed by atoms with Crippen molar-refractivity contribution in [3.63, 3.8) is 0 Å². The zero-order chi connectivity index (χ0) is 14.1. The van der Waals surface area contributed by atoms with Gasteiger partial charge in [0, 0.05) is 24.2 Å². The fourth-order valence-corrected chi connectivity index (χ4v) is 3.97. The van der Waals surface area contributed by atoms with Crippen LogP contribution >= 0.6 is 24.0 Å². The van der Waals surface area contributed by atoms with E-state index in [1.807, 2.05) is 36.0 Å². The summed E-state index contributed by atoms with van der Waals surface area (Å²) in [5.74, 6) is 3.26. The molecule has 2 aromatic rings. The first-order chi connectivity index (χ1) is 9.66. The highest BCUT2D eigenvalue weighted by Crippen LogP contribution is 2.29. The number of pyridine rings is 1. The minimum absolute atomic E-state index is 0.413. The van der Waals surface area contributed by atoms with Crippen LogP contribution in [-0.2, 0) is 0 Å². The predicted molar refractivity (Wildman–Crippen MR) is 91.8 cm³/mol. The van der Waals surface area contributed by atoms with Crippen LogP contribution in [0.2, 0.25) is 0 Å². The van der Waals surface area contributed by atoms with E-state index >= 15 is 0 Å². The average molecular weight is 303 g/mol. The summed E-state index contributed by atoms with van der Waals surface area (Å²) < 4.78 is 0. The Bertz CT molecular complexity index is 651. The Kier molecular flexibility index (Phi) is 3.81. The zero-order valence-corrected chi connectivity index (χ0v) is 13.0. The molecule has 3 rings (SSSR count). The maximum atomic E-state index is 5.90. The molecule has 0 radical (unpaired) electrons. The van der Waals surface area contributed by atoms with E-state index in [0.29, 0.717) is 11.0 Å². The van der Waals surface area contributed by atoms with E-state index in [9.17, 15) is 0 Å². The minimum Gasteiger partial charge on any atom is -0.389 e. The van der Waals surface area contributed by atoms with Crippen molar-refractivity contribution >= 4 is 45.7 Å². The predicted octanol–water partition coefficient (Wildman–Crippen LogP) is 2.81. The van der Waals surface area contributed by atoms with Crippen molar-refractivity contribution in [2.24, 2.45) is 5.73 Å². The topological polar surface area (TPSA) is 42.2 Å². The third-order valence-corrected chi connectivity index (χ3v) is 5.12. The van der Waals surface area contributed by atoms with Crippen molar-refractivity contribution in [2.45, 2.75) is 12.5 Å². The number of thioether (sulfide) groups is 1. The van der Waals surface area contributed by atoms with Crippen molar-refractivity contribution < 1.29 is 0 Å². The highest BCUT2D eigenvalue weighted by Gasteiger charge is 2.24. The van der Waals surface area contributed by atoms with Crippen LogP contribution in [0.5, 0.6) is 0 Å². The zero-order valence-electron chi connectivity index (χ0n) is 11.4. The maximum absolute atomic E-state index is 5.90. The van der Waals surface area contributed by atoms with Crippen LogP contribution in [0, 0.1) is 0 Å². The van der Waals surface area contributed by atoms with Crippen LogP contribution in [0.15, 0.2) is 30.3 Å². The number of hydrogen-bond acceptors (Lipinski definition) is 4. The molecule has 3 nitrogen and oxygen atoms in total. The van der Waals surface area contributed by atoms with E-state index in [2.05, 4.69) is 18.0 Å². The van der Waals surface area contributed by atoms with Gasteiger partial charge in [-0.2, -0.15) is 11.8 Å². The quantitative estimate of drug-likeness (QED) is 0.883. The lowest BCUT2D eigenvalue weighted by Gasteiger charge is -2.27. The van der Waals surface area contributed by atoms with Gasteiger partial charge in [-0.3, -0.25) is 0 Å². The molecule has 1 aromatic carbocycles. The molecular formula is C15H17N3S2. The van der Waals surface area contributed by atoms with E-state index in [1.54, 1.807) is 0 Å². The molecule has 2 N–H and O–H groups in total. The monoisotopic (exact) mass is 303 g/mol. The summed E-state index contributed by atoms with van der Waals surface area (Å²) in [6.45, 7) is 0. The summed E-state index contributed by atoms with van der Waals surface area (Å²) in [5, 5.41) is 1.08. The Morgan fingerprint density at radius 1 is 1.45 bits per heavy atom. The molecule has 1 fully saturated rings. The normalized spacial score (nSPS) is 18.4. The van der Waals surface area contributed by atoms with Crippen molar-refractivity contribution in [3.05, 3.63) is 35.9 Å². The van der Waals surface area contributed by atoms with Crippen molar-refractivity contribution in [3.8, 4) is 0 Å². The standard InChI is InChI=1S/C15H17N3S2/c1-18(11-6-7-20-9-11)15-12(14(16)19)8-10-4-2-3-5-13(10)17-15/h2-5,8,11H,6-7,9H2,1H3,(H2,16,19). The summed E-state index contributed by atoms with van der Waals surface area (Å²) in [6, 6.07) is 10.6. The van der Waals surface area contributed by atoms with E-state index in [1.165, 1.54) is 12.2 Å². The summed E-state index contributed by atoms with van der Waals surface area (Å²) >= 11 is 7.20. The molecule has 1 aliphatic heterocycles. The number of anilines is 1. The van der Waals surface area contributed by atoms with Crippen LogP contribution in [0.3, 0.4) is 0 Å². The van der Waals surface area contributed by atoms with Gasteiger partial charge in [0.1, 0.15) is 10.8 Å². The number of benzene rings is 1. The molecule has 0 aliphatic carbocycles. The molecule has 104 valence electrons. The SMILES string of the molecule is CN(c1nc2ccccc2cc1C(N)=S)C1CCSC1. The van der Waals surface area contributed by atoms with Gasteiger partial charge in [-0.15, -0.1) is 0 Å². The molecule has 1 unspecified atom stereocenters. The Balaban J connectivity index is 2.11. The smallest absolute Gasteiger partial charge is 0.139 e. The number of rotatable bonds is 3. The lowest BCUT2D eigenvalue weighted by Crippen LogP contribution is -2.33. The van der Waals surface area contributed by atoms with E-state index in [0.717, 1.165) is 28.0 Å². The van der Waals surface area contributed by atoms with Crippen LogP contribution in [0.25, 0.3) is 10.9 Å². The molecule has 0 bridgehead atoms. The molecule has 5 heteroatoms.